The van der Waals surface area contributed by atoms with Gasteiger partial charge in [-0.3, -0.25) is 4.79 Å². The van der Waals surface area contributed by atoms with Crippen LogP contribution in [0.25, 0.3) is 0 Å². The number of carbonyl (C=O) groups is 2. The van der Waals surface area contributed by atoms with Crippen LogP contribution < -0.4 is 10.1 Å². The SMILES string of the molecule is Cn1nnnc1SCC1CCN(C(=O)Oc2ccc(NC(=O)c3ccccc3)cc2)CC1. The van der Waals surface area contributed by atoms with Gasteiger partial charge in [0.2, 0.25) is 5.16 Å². The van der Waals surface area contributed by atoms with Gasteiger partial charge in [0.05, 0.1) is 0 Å². The number of anilines is 1. The number of nitrogens with zero attached hydrogens (tertiary/aromatic N) is 5. The molecule has 0 radical (unpaired) electrons. The second-order valence-corrected chi connectivity index (χ2v) is 8.53. The number of hydrogen-bond donors (Lipinski definition) is 1. The molecule has 3 aromatic rings. The highest BCUT2D eigenvalue weighted by atomic mass is 32.2. The third-order valence-electron chi connectivity index (χ3n) is 5.26. The van der Waals surface area contributed by atoms with Crippen LogP contribution in [-0.4, -0.2) is 55.9 Å². The average Bonchev–Trinajstić information content (AvgIpc) is 3.24. The first-order chi connectivity index (χ1) is 15.6. The topological polar surface area (TPSA) is 102 Å². The van der Waals surface area contributed by atoms with Crippen LogP contribution in [0.5, 0.6) is 5.75 Å². The van der Waals surface area contributed by atoms with Crippen molar-refractivity contribution in [3.05, 3.63) is 60.2 Å². The Balaban J connectivity index is 1.22. The van der Waals surface area contributed by atoms with E-state index < -0.39 is 0 Å². The zero-order chi connectivity index (χ0) is 22.3. The number of amides is 2. The first-order valence-electron chi connectivity index (χ1n) is 10.4. The van der Waals surface area contributed by atoms with Gasteiger partial charge in [-0.2, -0.15) is 0 Å². The van der Waals surface area contributed by atoms with Crippen LogP contribution in [0.1, 0.15) is 23.2 Å². The lowest BCUT2D eigenvalue weighted by molar-refractivity contribution is 0.102. The molecule has 1 fully saturated rings. The Morgan fingerprint density at radius 3 is 2.47 bits per heavy atom. The number of thioether (sulfide) groups is 1. The highest BCUT2D eigenvalue weighted by Gasteiger charge is 2.24. The Hall–Kier alpha value is -3.40. The molecular formula is C22H24N6O3S. The molecule has 9 nitrogen and oxygen atoms in total. The minimum atomic E-state index is -0.352. The molecule has 2 heterocycles. The summed E-state index contributed by atoms with van der Waals surface area (Å²) in [6.45, 7) is 1.32. The molecule has 32 heavy (non-hydrogen) atoms. The molecule has 10 heteroatoms. The standard InChI is InChI=1S/C22H24N6O3S/c1-27-21(24-25-26-27)32-15-16-11-13-28(14-12-16)22(30)31-19-9-7-18(8-10-19)23-20(29)17-5-3-2-4-6-17/h2-10,16H,11-15H2,1H3,(H,23,29). The molecule has 1 aromatic heterocycles. The smallest absolute Gasteiger partial charge is 0.410 e. The Morgan fingerprint density at radius 2 is 1.81 bits per heavy atom. The third-order valence-corrected chi connectivity index (χ3v) is 6.50. The first-order valence-corrected chi connectivity index (χ1v) is 11.4. The molecule has 0 bridgehead atoms. The van der Waals surface area contributed by atoms with Gasteiger partial charge in [-0.1, -0.05) is 30.0 Å². The molecule has 1 saturated heterocycles. The largest absolute Gasteiger partial charge is 0.415 e. The maximum atomic E-state index is 12.5. The van der Waals surface area contributed by atoms with Crippen LogP contribution in [0.2, 0.25) is 0 Å². The van der Waals surface area contributed by atoms with Crippen molar-refractivity contribution in [2.45, 2.75) is 18.0 Å². The van der Waals surface area contributed by atoms with E-state index in [4.69, 9.17) is 4.74 Å². The number of nitrogens with one attached hydrogen (secondary N) is 1. The lowest BCUT2D eigenvalue weighted by Crippen LogP contribution is -2.40. The van der Waals surface area contributed by atoms with Gasteiger partial charge in [0.1, 0.15) is 5.75 Å². The Labute approximate surface area is 190 Å². The van der Waals surface area contributed by atoms with E-state index in [0.717, 1.165) is 23.8 Å². The van der Waals surface area contributed by atoms with E-state index in [-0.39, 0.29) is 12.0 Å². The van der Waals surface area contributed by atoms with E-state index in [1.807, 2.05) is 25.2 Å². The first kappa shape index (κ1) is 21.8. The number of ether oxygens (including phenoxy) is 1. The molecule has 0 aliphatic carbocycles. The lowest BCUT2D eigenvalue weighted by Gasteiger charge is -2.30. The molecule has 2 aromatic carbocycles. The van der Waals surface area contributed by atoms with Crippen LogP contribution in [0.15, 0.2) is 59.8 Å². The van der Waals surface area contributed by atoms with E-state index in [0.29, 0.717) is 36.0 Å². The summed E-state index contributed by atoms with van der Waals surface area (Å²) in [5.41, 5.74) is 1.22. The van der Waals surface area contributed by atoms with Gasteiger partial charge >= 0.3 is 6.09 Å². The number of aromatic nitrogens is 4. The molecule has 166 valence electrons. The zero-order valence-electron chi connectivity index (χ0n) is 17.7. The van der Waals surface area contributed by atoms with E-state index in [1.54, 1.807) is 57.7 Å². The summed E-state index contributed by atoms with van der Waals surface area (Å²) in [6, 6.07) is 15.8. The zero-order valence-corrected chi connectivity index (χ0v) is 18.5. The molecule has 1 aliphatic heterocycles. The minimum absolute atomic E-state index is 0.188. The summed E-state index contributed by atoms with van der Waals surface area (Å²) in [4.78, 5) is 26.5. The van der Waals surface area contributed by atoms with Gasteiger partial charge in [-0.25, -0.2) is 9.48 Å². The summed E-state index contributed by atoms with van der Waals surface area (Å²) in [6.07, 6.45) is 1.48. The Bertz CT molecular complexity index is 1050. The summed E-state index contributed by atoms with van der Waals surface area (Å²) in [5, 5.41) is 15.1. The number of hydrogen-bond acceptors (Lipinski definition) is 7. The maximum Gasteiger partial charge on any atom is 0.415 e. The summed E-state index contributed by atoms with van der Waals surface area (Å²) in [5.74, 6) is 1.69. The molecule has 4 rings (SSSR count). The second-order valence-electron chi connectivity index (χ2n) is 7.54. The fraction of sp³-hybridized carbons (Fsp3) is 0.318. The number of carbonyl (C=O) groups excluding carboxylic acids is 2. The number of likely N-dealkylation sites (tertiary alicyclic amines) is 1. The van der Waals surface area contributed by atoms with E-state index in [9.17, 15) is 9.59 Å². The van der Waals surface area contributed by atoms with Crippen LogP contribution in [0, 0.1) is 5.92 Å². The number of piperidine rings is 1. The third kappa shape index (κ3) is 5.64. The van der Waals surface area contributed by atoms with Gasteiger partial charge in [0.25, 0.3) is 5.91 Å². The van der Waals surface area contributed by atoms with Gasteiger partial charge in [0.15, 0.2) is 0 Å². The van der Waals surface area contributed by atoms with Crippen molar-refractivity contribution in [3.8, 4) is 5.75 Å². The molecule has 0 atom stereocenters. The Morgan fingerprint density at radius 1 is 1.09 bits per heavy atom. The highest BCUT2D eigenvalue weighted by Crippen LogP contribution is 2.25. The van der Waals surface area contributed by atoms with Crippen molar-refractivity contribution in [1.29, 1.82) is 0 Å². The number of benzene rings is 2. The second kappa shape index (κ2) is 10.3. The van der Waals surface area contributed by atoms with E-state index >= 15 is 0 Å². The van der Waals surface area contributed by atoms with Gasteiger partial charge in [-0.15, -0.1) is 5.10 Å². The normalized spacial score (nSPS) is 14.2. The predicted molar refractivity (Wildman–Crippen MR) is 121 cm³/mol. The predicted octanol–water partition coefficient (Wildman–Crippen LogP) is 3.47. The molecule has 1 N–H and O–H groups in total. The molecule has 2 amide bonds. The fourth-order valence-corrected chi connectivity index (χ4v) is 4.42. The van der Waals surface area contributed by atoms with Gasteiger partial charge in [0, 0.05) is 37.1 Å². The maximum absolute atomic E-state index is 12.5. The lowest BCUT2D eigenvalue weighted by atomic mass is 9.99. The quantitative estimate of drug-likeness (QED) is 0.571. The molecule has 1 aliphatic rings. The van der Waals surface area contributed by atoms with Crippen molar-refractivity contribution < 1.29 is 14.3 Å². The van der Waals surface area contributed by atoms with Crippen LogP contribution in [0.3, 0.4) is 0 Å². The van der Waals surface area contributed by atoms with E-state index in [2.05, 4.69) is 20.8 Å². The fourth-order valence-electron chi connectivity index (χ4n) is 3.38. The van der Waals surface area contributed by atoms with Gasteiger partial charge < -0.3 is 15.0 Å². The Kier molecular flexibility index (Phi) is 7.00. The average molecular weight is 453 g/mol. The van der Waals surface area contributed by atoms with Crippen LogP contribution in [-0.2, 0) is 7.05 Å². The van der Waals surface area contributed by atoms with Crippen LogP contribution in [0.4, 0.5) is 10.5 Å². The molecule has 0 saturated carbocycles. The van der Waals surface area contributed by atoms with Crippen molar-refractivity contribution in [2.24, 2.45) is 13.0 Å². The summed E-state index contributed by atoms with van der Waals surface area (Å²) >= 11 is 1.64. The van der Waals surface area contributed by atoms with Crippen molar-refractivity contribution >= 4 is 29.4 Å². The number of aryl methyl sites for hydroxylation is 1. The molecule has 0 unspecified atom stereocenters. The van der Waals surface area contributed by atoms with Crippen molar-refractivity contribution in [2.75, 3.05) is 24.2 Å². The van der Waals surface area contributed by atoms with Crippen molar-refractivity contribution in [3.63, 3.8) is 0 Å². The number of rotatable bonds is 6. The molecular weight excluding hydrogens is 428 g/mol. The van der Waals surface area contributed by atoms with Crippen molar-refractivity contribution in [1.82, 2.24) is 25.1 Å². The number of tetrazole rings is 1. The van der Waals surface area contributed by atoms with Gasteiger partial charge in [-0.05, 0) is 65.6 Å². The summed E-state index contributed by atoms with van der Waals surface area (Å²) < 4.78 is 7.17. The monoisotopic (exact) mass is 452 g/mol. The van der Waals surface area contributed by atoms with Crippen LogP contribution >= 0.6 is 11.8 Å². The minimum Gasteiger partial charge on any atom is -0.410 e. The van der Waals surface area contributed by atoms with E-state index in [1.165, 1.54) is 0 Å². The highest BCUT2D eigenvalue weighted by molar-refractivity contribution is 7.99. The molecule has 0 spiro atoms. The summed E-state index contributed by atoms with van der Waals surface area (Å²) in [7, 11) is 1.82.